The summed E-state index contributed by atoms with van der Waals surface area (Å²) < 4.78 is 6.66. The van der Waals surface area contributed by atoms with Crippen LogP contribution in [0, 0.1) is 0 Å². The topological polar surface area (TPSA) is 119 Å². The van der Waals surface area contributed by atoms with Gasteiger partial charge in [-0.1, -0.05) is 19.1 Å². The lowest BCUT2D eigenvalue weighted by Gasteiger charge is -2.31. The van der Waals surface area contributed by atoms with Gasteiger partial charge in [-0.2, -0.15) is 0 Å². The zero-order valence-electron chi connectivity index (χ0n) is 17.7. The van der Waals surface area contributed by atoms with E-state index in [9.17, 15) is 24.6 Å². The quantitative estimate of drug-likeness (QED) is 0.472. The molecule has 2 aromatic heterocycles. The number of ketones is 1. The zero-order chi connectivity index (χ0) is 22.8. The van der Waals surface area contributed by atoms with E-state index >= 15 is 0 Å². The molecule has 0 radical (unpaired) electrons. The summed E-state index contributed by atoms with van der Waals surface area (Å²) in [5, 5.41) is 22.2. The first-order chi connectivity index (χ1) is 15.2. The van der Waals surface area contributed by atoms with Crippen molar-refractivity contribution in [2.45, 2.75) is 51.5 Å². The van der Waals surface area contributed by atoms with E-state index in [1.54, 1.807) is 35.8 Å². The van der Waals surface area contributed by atoms with Gasteiger partial charge in [-0.05, 0) is 37.1 Å². The number of nitrogens with zero attached hydrogens (tertiary/aromatic N) is 2. The minimum Gasteiger partial charge on any atom is -0.458 e. The molecule has 0 aliphatic carbocycles. The summed E-state index contributed by atoms with van der Waals surface area (Å²) in [6, 6.07) is 8.89. The van der Waals surface area contributed by atoms with Gasteiger partial charge in [0.2, 0.25) is 0 Å². The number of benzene rings is 1. The van der Waals surface area contributed by atoms with Crippen molar-refractivity contribution in [1.29, 1.82) is 0 Å². The summed E-state index contributed by atoms with van der Waals surface area (Å²) in [4.78, 5) is 41.7. The standard InChI is InChI=1S/C24H22N2O6/c1-3-24(31)17-9-19-21-13(10-26(19)22(29)16(17)11-32-23(24)30)8-15-14(20(28)7-12(2)27)5-4-6-18(15)25-21/h4-6,8-9,20,28,31H,3,7,10-11H2,1-2H3/t20?,24-/m0/s1. The number of pyridine rings is 2. The first-order valence-corrected chi connectivity index (χ1v) is 10.5. The van der Waals surface area contributed by atoms with Crippen molar-refractivity contribution < 1.29 is 24.5 Å². The average molecular weight is 434 g/mol. The minimum atomic E-state index is -1.87. The Morgan fingerprint density at radius 2 is 2.09 bits per heavy atom. The zero-order valence-corrected chi connectivity index (χ0v) is 17.7. The second kappa shape index (κ2) is 7.08. The second-order valence-corrected chi connectivity index (χ2v) is 8.44. The Hall–Kier alpha value is -3.36. The number of hydrogen-bond donors (Lipinski definition) is 2. The summed E-state index contributed by atoms with van der Waals surface area (Å²) in [6.07, 6.45) is -0.860. The Balaban J connectivity index is 1.71. The number of aromatic nitrogens is 2. The molecule has 2 aliphatic heterocycles. The second-order valence-electron chi connectivity index (χ2n) is 8.44. The van der Waals surface area contributed by atoms with Crippen LogP contribution in [-0.4, -0.2) is 31.5 Å². The number of aliphatic hydroxyl groups excluding tert-OH is 1. The lowest BCUT2D eigenvalue weighted by molar-refractivity contribution is -0.172. The molecule has 2 aliphatic rings. The summed E-state index contributed by atoms with van der Waals surface area (Å²) >= 11 is 0. The molecule has 4 heterocycles. The lowest BCUT2D eigenvalue weighted by atomic mass is 9.86. The molecule has 0 saturated carbocycles. The van der Waals surface area contributed by atoms with Crippen LogP contribution in [0.5, 0.6) is 0 Å². The fourth-order valence-corrected chi connectivity index (χ4v) is 4.70. The molecule has 0 bridgehead atoms. The molecule has 8 heteroatoms. The van der Waals surface area contributed by atoms with E-state index in [1.807, 2.05) is 6.07 Å². The first-order valence-electron chi connectivity index (χ1n) is 10.5. The SMILES string of the molecule is CC[C@@]1(O)C(=O)OCc2c1cc1n(c2=O)Cc2cc3c(C(O)CC(C)=O)cccc3nc2-1. The molecule has 0 fully saturated rings. The lowest BCUT2D eigenvalue weighted by Crippen LogP contribution is -2.44. The number of carbonyl (C=O) groups excluding carboxylic acids is 2. The number of esters is 1. The third kappa shape index (κ3) is 2.83. The van der Waals surface area contributed by atoms with Gasteiger partial charge in [0, 0.05) is 22.9 Å². The Kier molecular flexibility index (Phi) is 4.54. The van der Waals surface area contributed by atoms with E-state index in [2.05, 4.69) is 0 Å². The minimum absolute atomic E-state index is 0.00618. The Morgan fingerprint density at radius 1 is 1.31 bits per heavy atom. The molecule has 8 nitrogen and oxygen atoms in total. The summed E-state index contributed by atoms with van der Waals surface area (Å²) in [6.45, 7) is 3.19. The predicted molar refractivity (Wildman–Crippen MR) is 115 cm³/mol. The molecule has 0 amide bonds. The van der Waals surface area contributed by atoms with Crippen molar-refractivity contribution in [1.82, 2.24) is 9.55 Å². The molecule has 1 aromatic carbocycles. The highest BCUT2D eigenvalue weighted by molar-refractivity contribution is 5.88. The Bertz CT molecular complexity index is 1380. The maximum Gasteiger partial charge on any atom is 0.343 e. The number of Topliss-reactive ketones (excluding diaryl/α,β-unsaturated/α-hetero) is 1. The monoisotopic (exact) mass is 434 g/mol. The van der Waals surface area contributed by atoms with Gasteiger partial charge in [0.15, 0.2) is 5.60 Å². The van der Waals surface area contributed by atoms with Crippen LogP contribution in [0.3, 0.4) is 0 Å². The fourth-order valence-electron chi connectivity index (χ4n) is 4.70. The van der Waals surface area contributed by atoms with Crippen molar-refractivity contribution in [2.24, 2.45) is 0 Å². The highest BCUT2D eigenvalue weighted by Gasteiger charge is 2.45. The molecule has 1 unspecified atom stereocenters. The van der Waals surface area contributed by atoms with Crippen molar-refractivity contribution in [2.75, 3.05) is 0 Å². The Morgan fingerprint density at radius 3 is 2.81 bits per heavy atom. The highest BCUT2D eigenvalue weighted by Crippen LogP contribution is 2.39. The van der Waals surface area contributed by atoms with Gasteiger partial charge in [0.25, 0.3) is 5.56 Å². The fraction of sp³-hybridized carbons (Fsp3) is 0.333. The molecule has 0 spiro atoms. The molecular formula is C24H22N2O6. The van der Waals surface area contributed by atoms with Crippen molar-refractivity contribution in [3.05, 3.63) is 62.9 Å². The molecule has 2 N–H and O–H groups in total. The number of carbonyl (C=O) groups is 2. The van der Waals surface area contributed by atoms with Crippen molar-refractivity contribution in [3.63, 3.8) is 0 Å². The smallest absolute Gasteiger partial charge is 0.343 e. The predicted octanol–water partition coefficient (Wildman–Crippen LogP) is 2.09. The summed E-state index contributed by atoms with van der Waals surface area (Å²) in [5.74, 6) is -0.876. The molecule has 32 heavy (non-hydrogen) atoms. The van der Waals surface area contributed by atoms with Crippen molar-refractivity contribution in [3.8, 4) is 11.4 Å². The summed E-state index contributed by atoms with van der Waals surface area (Å²) in [5.41, 5.74) is 1.48. The first kappa shape index (κ1) is 20.5. The number of ether oxygens (including phenoxy) is 1. The molecule has 164 valence electrons. The van der Waals surface area contributed by atoms with Crippen LogP contribution < -0.4 is 5.56 Å². The van der Waals surface area contributed by atoms with E-state index in [0.717, 1.165) is 5.56 Å². The number of rotatable bonds is 4. The van der Waals surface area contributed by atoms with Crippen LogP contribution in [0.15, 0.2) is 35.1 Å². The van der Waals surface area contributed by atoms with Crippen molar-refractivity contribution >= 4 is 22.7 Å². The number of cyclic esters (lactones) is 1. The molecule has 0 saturated heterocycles. The van der Waals surface area contributed by atoms with Crippen LogP contribution in [-0.2, 0) is 33.1 Å². The maximum absolute atomic E-state index is 13.2. The van der Waals surface area contributed by atoms with E-state index in [4.69, 9.17) is 9.72 Å². The van der Waals surface area contributed by atoms with Crippen LogP contribution in [0.4, 0.5) is 0 Å². The normalized spacial score (nSPS) is 19.8. The van der Waals surface area contributed by atoms with Crippen LogP contribution in [0.2, 0.25) is 0 Å². The third-order valence-electron chi connectivity index (χ3n) is 6.43. The van der Waals surface area contributed by atoms with Gasteiger partial charge in [-0.25, -0.2) is 9.78 Å². The average Bonchev–Trinajstić information content (AvgIpc) is 3.12. The molecular weight excluding hydrogens is 412 g/mol. The largest absolute Gasteiger partial charge is 0.458 e. The van der Waals surface area contributed by atoms with Crippen LogP contribution in [0.25, 0.3) is 22.3 Å². The Labute approximate surface area is 183 Å². The van der Waals surface area contributed by atoms with E-state index in [1.165, 1.54) is 6.92 Å². The third-order valence-corrected chi connectivity index (χ3v) is 6.43. The molecule has 3 aromatic rings. The van der Waals surface area contributed by atoms with E-state index in [-0.39, 0.29) is 48.5 Å². The molecule has 2 atom stereocenters. The number of fused-ring (bicyclic) bond motifs is 5. The van der Waals surface area contributed by atoms with Crippen LogP contribution >= 0.6 is 0 Å². The molecule has 5 rings (SSSR count). The van der Waals surface area contributed by atoms with Gasteiger partial charge >= 0.3 is 5.97 Å². The van der Waals surface area contributed by atoms with E-state index in [0.29, 0.717) is 27.9 Å². The van der Waals surface area contributed by atoms with Gasteiger partial charge in [0.05, 0.1) is 35.1 Å². The highest BCUT2D eigenvalue weighted by atomic mass is 16.6. The van der Waals surface area contributed by atoms with Gasteiger partial charge < -0.3 is 19.5 Å². The summed E-state index contributed by atoms with van der Waals surface area (Å²) in [7, 11) is 0. The van der Waals surface area contributed by atoms with E-state index < -0.39 is 17.7 Å². The maximum atomic E-state index is 13.2. The van der Waals surface area contributed by atoms with Gasteiger partial charge in [0.1, 0.15) is 12.4 Å². The van der Waals surface area contributed by atoms with Gasteiger partial charge in [-0.3, -0.25) is 9.59 Å². The van der Waals surface area contributed by atoms with Gasteiger partial charge in [-0.15, -0.1) is 0 Å². The van der Waals surface area contributed by atoms with Crippen LogP contribution in [0.1, 0.15) is 55.0 Å². The number of hydrogen-bond acceptors (Lipinski definition) is 7. The number of aliphatic hydroxyl groups is 2.